The smallest absolute Gasteiger partial charge is 0.245 e. The SMILES string of the molecule is CCC1CCCC(N2C(=O)C(C)NC(=O)C2C)C1. The monoisotopic (exact) mass is 252 g/mol. The zero-order chi connectivity index (χ0) is 13.3. The van der Waals surface area contributed by atoms with E-state index in [2.05, 4.69) is 12.2 Å². The normalized spacial score (nSPS) is 37.6. The molecule has 0 aromatic rings. The Kier molecular flexibility index (Phi) is 3.93. The highest BCUT2D eigenvalue weighted by atomic mass is 16.2. The van der Waals surface area contributed by atoms with Crippen LogP contribution < -0.4 is 5.32 Å². The van der Waals surface area contributed by atoms with Gasteiger partial charge in [0.2, 0.25) is 11.8 Å². The van der Waals surface area contributed by atoms with Crippen molar-refractivity contribution in [2.24, 2.45) is 5.92 Å². The summed E-state index contributed by atoms with van der Waals surface area (Å²) in [5, 5.41) is 2.74. The minimum absolute atomic E-state index is 0.0132. The molecule has 102 valence electrons. The van der Waals surface area contributed by atoms with Gasteiger partial charge in [0.1, 0.15) is 12.1 Å². The summed E-state index contributed by atoms with van der Waals surface area (Å²) >= 11 is 0. The third-order valence-electron chi connectivity index (χ3n) is 4.51. The van der Waals surface area contributed by atoms with Gasteiger partial charge in [-0.2, -0.15) is 0 Å². The van der Waals surface area contributed by atoms with Gasteiger partial charge in [-0.25, -0.2) is 0 Å². The highest BCUT2D eigenvalue weighted by Crippen LogP contribution is 2.31. The number of hydrogen-bond donors (Lipinski definition) is 1. The summed E-state index contributed by atoms with van der Waals surface area (Å²) in [4.78, 5) is 26.0. The highest BCUT2D eigenvalue weighted by molar-refractivity contribution is 5.96. The summed E-state index contributed by atoms with van der Waals surface area (Å²) in [7, 11) is 0. The van der Waals surface area contributed by atoms with Crippen molar-refractivity contribution in [2.45, 2.75) is 71.0 Å². The fourth-order valence-electron chi connectivity index (χ4n) is 3.32. The number of carbonyl (C=O) groups excluding carboxylic acids is 2. The Morgan fingerprint density at radius 3 is 2.67 bits per heavy atom. The molecule has 0 radical (unpaired) electrons. The molecule has 4 atom stereocenters. The number of rotatable bonds is 2. The summed E-state index contributed by atoms with van der Waals surface area (Å²) in [6, 6.07) is -0.412. The van der Waals surface area contributed by atoms with E-state index in [4.69, 9.17) is 0 Å². The molecule has 4 unspecified atom stereocenters. The fraction of sp³-hybridized carbons (Fsp3) is 0.857. The molecule has 1 N–H and O–H groups in total. The van der Waals surface area contributed by atoms with Crippen LogP contribution in [-0.4, -0.2) is 34.8 Å². The van der Waals surface area contributed by atoms with Crippen molar-refractivity contribution in [1.29, 1.82) is 0 Å². The lowest BCUT2D eigenvalue weighted by molar-refractivity contribution is -0.152. The zero-order valence-corrected chi connectivity index (χ0v) is 11.6. The minimum Gasteiger partial charge on any atom is -0.343 e. The largest absolute Gasteiger partial charge is 0.343 e. The van der Waals surface area contributed by atoms with E-state index in [9.17, 15) is 9.59 Å². The first-order valence-electron chi connectivity index (χ1n) is 7.17. The van der Waals surface area contributed by atoms with Gasteiger partial charge in [0.05, 0.1) is 0 Å². The van der Waals surface area contributed by atoms with E-state index in [-0.39, 0.29) is 29.9 Å². The Hall–Kier alpha value is -1.06. The van der Waals surface area contributed by atoms with Crippen molar-refractivity contribution in [2.75, 3.05) is 0 Å². The van der Waals surface area contributed by atoms with Gasteiger partial charge in [0.15, 0.2) is 0 Å². The average Bonchev–Trinajstić information content (AvgIpc) is 2.37. The average molecular weight is 252 g/mol. The second-order valence-corrected chi connectivity index (χ2v) is 5.75. The highest BCUT2D eigenvalue weighted by Gasteiger charge is 2.40. The Bertz CT molecular complexity index is 343. The summed E-state index contributed by atoms with van der Waals surface area (Å²) in [6.07, 6.45) is 5.73. The maximum absolute atomic E-state index is 12.3. The summed E-state index contributed by atoms with van der Waals surface area (Å²) in [5.74, 6) is 0.786. The van der Waals surface area contributed by atoms with E-state index < -0.39 is 0 Å². The van der Waals surface area contributed by atoms with Crippen molar-refractivity contribution < 1.29 is 9.59 Å². The Morgan fingerprint density at radius 1 is 1.28 bits per heavy atom. The van der Waals surface area contributed by atoms with Crippen LogP contribution in [0.2, 0.25) is 0 Å². The van der Waals surface area contributed by atoms with Crippen LogP contribution in [0.1, 0.15) is 52.9 Å². The van der Waals surface area contributed by atoms with Crippen molar-refractivity contribution in [3.05, 3.63) is 0 Å². The van der Waals surface area contributed by atoms with Crippen LogP contribution in [0.4, 0.5) is 0 Å². The lowest BCUT2D eigenvalue weighted by atomic mass is 9.82. The molecule has 0 aromatic carbocycles. The minimum atomic E-state index is -0.365. The van der Waals surface area contributed by atoms with Gasteiger partial charge in [-0.3, -0.25) is 9.59 Å². The van der Waals surface area contributed by atoms with Crippen LogP contribution in [0.15, 0.2) is 0 Å². The van der Waals surface area contributed by atoms with Crippen LogP contribution in [0, 0.1) is 5.92 Å². The van der Waals surface area contributed by atoms with Gasteiger partial charge in [-0.05, 0) is 32.6 Å². The first kappa shape index (κ1) is 13.4. The zero-order valence-electron chi connectivity index (χ0n) is 11.6. The third kappa shape index (κ3) is 2.38. The van der Waals surface area contributed by atoms with Crippen LogP contribution >= 0.6 is 0 Å². The number of hydrogen-bond acceptors (Lipinski definition) is 2. The lowest BCUT2D eigenvalue weighted by Crippen LogP contribution is -2.64. The van der Waals surface area contributed by atoms with E-state index in [1.54, 1.807) is 6.92 Å². The van der Waals surface area contributed by atoms with E-state index in [0.717, 1.165) is 12.8 Å². The second-order valence-electron chi connectivity index (χ2n) is 5.75. The lowest BCUT2D eigenvalue weighted by Gasteiger charge is -2.44. The molecule has 0 aromatic heterocycles. The maximum atomic E-state index is 12.3. The molecule has 2 amide bonds. The molecule has 0 spiro atoms. The molecule has 1 aliphatic carbocycles. The molecular formula is C14H24N2O2. The Morgan fingerprint density at radius 2 is 2.00 bits per heavy atom. The molecule has 1 saturated carbocycles. The van der Waals surface area contributed by atoms with E-state index in [0.29, 0.717) is 5.92 Å². The molecule has 2 rings (SSSR count). The van der Waals surface area contributed by atoms with E-state index in [1.807, 2.05) is 11.8 Å². The van der Waals surface area contributed by atoms with Gasteiger partial charge in [-0.1, -0.05) is 26.2 Å². The van der Waals surface area contributed by atoms with Crippen molar-refractivity contribution in [1.82, 2.24) is 10.2 Å². The van der Waals surface area contributed by atoms with Gasteiger partial charge in [0, 0.05) is 6.04 Å². The van der Waals surface area contributed by atoms with Crippen LogP contribution in [0.5, 0.6) is 0 Å². The molecule has 1 saturated heterocycles. The van der Waals surface area contributed by atoms with Crippen LogP contribution in [0.25, 0.3) is 0 Å². The fourth-order valence-corrected chi connectivity index (χ4v) is 3.32. The summed E-state index contributed by atoms with van der Waals surface area (Å²) in [6.45, 7) is 5.83. The molecule has 2 aliphatic rings. The molecule has 1 aliphatic heterocycles. The number of piperazine rings is 1. The molecule has 18 heavy (non-hydrogen) atoms. The predicted octanol–water partition coefficient (Wildman–Crippen LogP) is 1.69. The van der Waals surface area contributed by atoms with E-state index >= 15 is 0 Å². The maximum Gasteiger partial charge on any atom is 0.245 e. The molecule has 2 fully saturated rings. The quantitative estimate of drug-likeness (QED) is 0.813. The summed E-state index contributed by atoms with van der Waals surface area (Å²) < 4.78 is 0. The number of nitrogens with zero attached hydrogens (tertiary/aromatic N) is 1. The van der Waals surface area contributed by atoms with Gasteiger partial charge < -0.3 is 10.2 Å². The van der Waals surface area contributed by atoms with Crippen LogP contribution in [-0.2, 0) is 9.59 Å². The second kappa shape index (κ2) is 5.29. The summed E-state index contributed by atoms with van der Waals surface area (Å²) in [5.41, 5.74) is 0. The molecule has 4 heteroatoms. The van der Waals surface area contributed by atoms with Gasteiger partial charge >= 0.3 is 0 Å². The van der Waals surface area contributed by atoms with Crippen LogP contribution in [0.3, 0.4) is 0 Å². The first-order valence-corrected chi connectivity index (χ1v) is 7.17. The molecule has 4 nitrogen and oxygen atoms in total. The first-order chi connectivity index (χ1) is 8.54. The van der Waals surface area contributed by atoms with Gasteiger partial charge in [-0.15, -0.1) is 0 Å². The van der Waals surface area contributed by atoms with Crippen molar-refractivity contribution >= 4 is 11.8 Å². The standard InChI is InChI=1S/C14H24N2O2/c1-4-11-6-5-7-12(8-11)16-10(3)13(17)15-9(2)14(16)18/h9-12H,4-8H2,1-3H3,(H,15,17). The number of carbonyl (C=O) groups is 2. The molecule has 0 bridgehead atoms. The molecule has 1 heterocycles. The molecular weight excluding hydrogens is 228 g/mol. The van der Waals surface area contributed by atoms with E-state index in [1.165, 1.54) is 19.3 Å². The number of nitrogens with one attached hydrogen (secondary N) is 1. The number of amides is 2. The van der Waals surface area contributed by atoms with Crippen molar-refractivity contribution in [3.8, 4) is 0 Å². The Labute approximate surface area is 109 Å². The third-order valence-corrected chi connectivity index (χ3v) is 4.51. The van der Waals surface area contributed by atoms with Crippen molar-refractivity contribution in [3.63, 3.8) is 0 Å². The Balaban J connectivity index is 2.13. The topological polar surface area (TPSA) is 49.4 Å². The predicted molar refractivity (Wildman–Crippen MR) is 69.9 cm³/mol. The van der Waals surface area contributed by atoms with Gasteiger partial charge in [0.25, 0.3) is 0 Å².